The van der Waals surface area contributed by atoms with Crippen LogP contribution >= 0.6 is 11.6 Å². The molecule has 0 bridgehead atoms. The summed E-state index contributed by atoms with van der Waals surface area (Å²) in [5, 5.41) is 10.6. The van der Waals surface area contributed by atoms with Gasteiger partial charge in [-0.15, -0.1) is 0 Å². The number of halogens is 1. The Kier molecular flexibility index (Phi) is 6.50. The molecule has 3 aromatic rings. The van der Waals surface area contributed by atoms with E-state index in [0.717, 1.165) is 16.7 Å². The molecule has 2 saturated heterocycles. The van der Waals surface area contributed by atoms with Gasteiger partial charge in [0.2, 0.25) is 0 Å². The van der Waals surface area contributed by atoms with Gasteiger partial charge >= 0.3 is 0 Å². The van der Waals surface area contributed by atoms with Gasteiger partial charge in [-0.1, -0.05) is 72.3 Å². The van der Waals surface area contributed by atoms with E-state index >= 15 is 0 Å². The molecule has 2 aliphatic rings. The largest absolute Gasteiger partial charge is 0.394 e. The number of nitrogens with zero attached hydrogens (tertiary/aromatic N) is 1. The molecular formula is C25H24ClNO5. The molecule has 7 heteroatoms. The van der Waals surface area contributed by atoms with Crippen molar-refractivity contribution in [2.24, 2.45) is 0 Å². The summed E-state index contributed by atoms with van der Waals surface area (Å²) in [6.07, 6.45) is -0.848. The quantitative estimate of drug-likeness (QED) is 0.583. The third-order valence-electron chi connectivity index (χ3n) is 5.77. The van der Waals surface area contributed by atoms with Gasteiger partial charge in [0, 0.05) is 23.7 Å². The standard InChI is InChI=1S/C25H24ClNO5/c26-21-14-16(11-12-27-21)13-19-22-23(32-24(29-19)17-7-3-1-4-8-17)20(15-28)30-25(31-22)18-9-5-2-6-10-18/h1-12,14,19-20,22-25,28H,13,15H2. The fourth-order valence-electron chi connectivity index (χ4n) is 4.22. The lowest BCUT2D eigenvalue weighted by atomic mass is 9.94. The second-order valence-corrected chi connectivity index (χ2v) is 8.30. The Balaban J connectivity index is 1.47. The predicted molar refractivity (Wildman–Crippen MR) is 118 cm³/mol. The van der Waals surface area contributed by atoms with Crippen LogP contribution in [0.5, 0.6) is 0 Å². The monoisotopic (exact) mass is 453 g/mol. The lowest BCUT2D eigenvalue weighted by Crippen LogP contribution is -2.59. The van der Waals surface area contributed by atoms with Crippen molar-refractivity contribution in [3.8, 4) is 0 Å². The second-order valence-electron chi connectivity index (χ2n) is 7.91. The molecule has 6 nitrogen and oxygen atoms in total. The summed E-state index contributed by atoms with van der Waals surface area (Å²) < 4.78 is 25.2. The summed E-state index contributed by atoms with van der Waals surface area (Å²) in [4.78, 5) is 4.07. The van der Waals surface area contributed by atoms with Crippen molar-refractivity contribution in [2.45, 2.75) is 43.4 Å². The number of rotatable bonds is 5. The molecule has 0 spiro atoms. The van der Waals surface area contributed by atoms with Crippen LogP contribution in [0.2, 0.25) is 5.15 Å². The molecule has 0 aliphatic carbocycles. The SMILES string of the molecule is OCC1OC(c2ccccc2)OC2C(Cc3ccnc(Cl)c3)OC(c3ccccc3)OC12. The van der Waals surface area contributed by atoms with E-state index in [1.807, 2.05) is 72.8 Å². The van der Waals surface area contributed by atoms with Gasteiger partial charge in [0.15, 0.2) is 12.6 Å². The van der Waals surface area contributed by atoms with Crippen molar-refractivity contribution in [3.05, 3.63) is 101 Å². The number of aliphatic hydroxyl groups excluding tert-OH is 1. The highest BCUT2D eigenvalue weighted by Gasteiger charge is 2.49. The van der Waals surface area contributed by atoms with E-state index in [1.54, 1.807) is 6.20 Å². The van der Waals surface area contributed by atoms with E-state index in [1.165, 1.54) is 0 Å². The van der Waals surface area contributed by atoms with E-state index in [9.17, 15) is 5.11 Å². The first-order chi connectivity index (χ1) is 15.7. The van der Waals surface area contributed by atoms with Gasteiger partial charge in [0.1, 0.15) is 23.5 Å². The third kappa shape index (κ3) is 4.57. The normalized spacial score (nSPS) is 29.9. The minimum Gasteiger partial charge on any atom is -0.394 e. The Morgan fingerprint density at radius 2 is 1.31 bits per heavy atom. The summed E-state index contributed by atoms with van der Waals surface area (Å²) >= 11 is 6.11. The number of fused-ring (bicyclic) bond motifs is 1. The summed E-state index contributed by atoms with van der Waals surface area (Å²) in [6, 6.07) is 23.1. The number of benzene rings is 2. The van der Waals surface area contributed by atoms with Gasteiger partial charge in [-0.25, -0.2) is 4.98 Å². The topological polar surface area (TPSA) is 70.0 Å². The highest BCUT2D eigenvalue weighted by Crippen LogP contribution is 2.41. The lowest BCUT2D eigenvalue weighted by molar-refractivity contribution is -0.384. The van der Waals surface area contributed by atoms with Crippen molar-refractivity contribution in [1.82, 2.24) is 4.98 Å². The number of aliphatic hydroxyl groups is 1. The van der Waals surface area contributed by atoms with Crippen molar-refractivity contribution in [2.75, 3.05) is 6.61 Å². The Hall–Kier alpha value is -2.32. The van der Waals surface area contributed by atoms with E-state index in [2.05, 4.69) is 4.98 Å². The third-order valence-corrected chi connectivity index (χ3v) is 5.97. The van der Waals surface area contributed by atoms with Crippen molar-refractivity contribution >= 4 is 11.6 Å². The first kappa shape index (κ1) is 21.5. The number of aromatic nitrogens is 1. The van der Waals surface area contributed by atoms with Crippen LogP contribution in [0.15, 0.2) is 79.0 Å². The Morgan fingerprint density at radius 3 is 1.88 bits per heavy atom. The molecule has 0 saturated carbocycles. The fraction of sp³-hybridized carbons (Fsp3) is 0.320. The molecule has 0 radical (unpaired) electrons. The predicted octanol–water partition coefficient (Wildman–Crippen LogP) is 4.24. The summed E-state index contributed by atoms with van der Waals surface area (Å²) in [5.41, 5.74) is 2.75. The number of hydrogen-bond acceptors (Lipinski definition) is 6. The molecule has 166 valence electrons. The van der Waals surface area contributed by atoms with Crippen LogP contribution in [0.4, 0.5) is 0 Å². The van der Waals surface area contributed by atoms with Crippen LogP contribution in [0, 0.1) is 0 Å². The molecule has 6 atom stereocenters. The minimum absolute atomic E-state index is 0.191. The second kappa shape index (κ2) is 9.67. The fourth-order valence-corrected chi connectivity index (χ4v) is 4.42. The zero-order chi connectivity index (χ0) is 21.9. The molecule has 0 amide bonds. The first-order valence-electron chi connectivity index (χ1n) is 10.6. The Labute approximate surface area is 191 Å². The molecule has 5 rings (SSSR count). The van der Waals surface area contributed by atoms with Crippen LogP contribution in [0.25, 0.3) is 0 Å². The van der Waals surface area contributed by atoms with Crippen LogP contribution in [-0.4, -0.2) is 41.1 Å². The maximum atomic E-state index is 10.1. The number of ether oxygens (including phenoxy) is 4. The number of hydrogen-bond donors (Lipinski definition) is 1. The summed E-state index contributed by atoms with van der Waals surface area (Å²) in [5.74, 6) is 0. The average molecular weight is 454 g/mol. The molecule has 2 fully saturated rings. The maximum Gasteiger partial charge on any atom is 0.184 e. The van der Waals surface area contributed by atoms with Crippen LogP contribution < -0.4 is 0 Å². The van der Waals surface area contributed by atoms with Gasteiger partial charge in [-0.05, 0) is 17.7 Å². The van der Waals surface area contributed by atoms with Crippen LogP contribution in [0.1, 0.15) is 29.3 Å². The zero-order valence-corrected chi connectivity index (χ0v) is 18.0. The maximum absolute atomic E-state index is 10.1. The molecule has 6 unspecified atom stereocenters. The van der Waals surface area contributed by atoms with Gasteiger partial charge in [-0.2, -0.15) is 0 Å². The van der Waals surface area contributed by atoms with Gasteiger partial charge < -0.3 is 24.1 Å². The highest BCUT2D eigenvalue weighted by atomic mass is 35.5. The molecule has 2 aliphatic heterocycles. The van der Waals surface area contributed by atoms with Gasteiger partial charge in [0.05, 0.1) is 12.7 Å². The average Bonchev–Trinajstić information content (AvgIpc) is 2.84. The molecule has 3 heterocycles. The Morgan fingerprint density at radius 1 is 0.750 bits per heavy atom. The smallest absolute Gasteiger partial charge is 0.184 e. The molecular weight excluding hydrogens is 430 g/mol. The van der Waals surface area contributed by atoms with Crippen LogP contribution in [0.3, 0.4) is 0 Å². The minimum atomic E-state index is -0.626. The number of pyridine rings is 1. The van der Waals surface area contributed by atoms with Crippen molar-refractivity contribution < 1.29 is 24.1 Å². The lowest BCUT2D eigenvalue weighted by Gasteiger charge is -2.49. The van der Waals surface area contributed by atoms with Crippen molar-refractivity contribution in [3.63, 3.8) is 0 Å². The molecule has 2 aromatic carbocycles. The van der Waals surface area contributed by atoms with Crippen molar-refractivity contribution in [1.29, 1.82) is 0 Å². The molecule has 32 heavy (non-hydrogen) atoms. The van der Waals surface area contributed by atoms with E-state index in [-0.39, 0.29) is 12.7 Å². The van der Waals surface area contributed by atoms with Gasteiger partial charge in [0.25, 0.3) is 0 Å². The molecule has 1 aromatic heterocycles. The Bertz CT molecular complexity index is 1020. The summed E-state index contributed by atoms with van der Waals surface area (Å²) in [7, 11) is 0. The van der Waals surface area contributed by atoms with E-state index < -0.39 is 30.9 Å². The highest BCUT2D eigenvalue weighted by molar-refractivity contribution is 6.29. The molecule has 1 N–H and O–H groups in total. The van der Waals surface area contributed by atoms with Gasteiger partial charge in [-0.3, -0.25) is 0 Å². The van der Waals surface area contributed by atoms with Crippen LogP contribution in [-0.2, 0) is 25.4 Å². The van der Waals surface area contributed by atoms with E-state index in [4.69, 9.17) is 30.5 Å². The summed E-state index contributed by atoms with van der Waals surface area (Å²) in [6.45, 7) is -0.191. The van der Waals surface area contributed by atoms with E-state index in [0.29, 0.717) is 11.6 Å². The first-order valence-corrected chi connectivity index (χ1v) is 11.0. The zero-order valence-electron chi connectivity index (χ0n) is 17.3.